The molecule has 0 bridgehead atoms. The molecule has 1 fully saturated rings. The van der Waals surface area contributed by atoms with Crippen LogP contribution in [-0.2, 0) is 9.59 Å². The molecule has 0 saturated carbocycles. The molecular weight excluding hydrogens is 460 g/mol. The number of aromatic nitrogens is 2. The Morgan fingerprint density at radius 1 is 1.06 bits per heavy atom. The van der Waals surface area contributed by atoms with E-state index < -0.39 is 17.7 Å². The zero-order chi connectivity index (χ0) is 26.0. The summed E-state index contributed by atoms with van der Waals surface area (Å²) >= 11 is 0. The molecule has 0 unspecified atom stereocenters. The summed E-state index contributed by atoms with van der Waals surface area (Å²) in [6, 6.07) is 13.9. The van der Waals surface area contributed by atoms with Crippen molar-refractivity contribution in [3.05, 3.63) is 77.1 Å². The number of carbonyl (C=O) groups is 2. The number of Topliss-reactive ketones (excluding diaryl/α,β-unsaturated/α-hetero) is 1. The molecule has 0 spiro atoms. The maximum atomic E-state index is 13.4. The minimum atomic E-state index is -0.866. The fourth-order valence-corrected chi connectivity index (χ4v) is 4.49. The number of ketones is 1. The standard InChI is InChI=1S/C27H30N4O5/c1-17-20(16-28-31(17)18-10-7-6-8-11-18)24(32)22-23(19-12-9-13-21(35-4)26(19)36-5)30(15-14-29(2)3)27(34)25(22)33/h6-13,16,23,32H,14-15H2,1-5H3/b24-22+/t23-/m1/s1. The highest BCUT2D eigenvalue weighted by Gasteiger charge is 2.47. The molecule has 1 amide bonds. The van der Waals surface area contributed by atoms with Crippen molar-refractivity contribution in [2.24, 2.45) is 0 Å². The SMILES string of the molecule is COc1cccc([C@@H]2/C(=C(\O)c3cnn(-c4ccccc4)c3C)C(=O)C(=O)N2CCN(C)C)c1OC. The molecule has 9 nitrogen and oxygen atoms in total. The van der Waals surface area contributed by atoms with Gasteiger partial charge in [0.1, 0.15) is 5.76 Å². The van der Waals surface area contributed by atoms with E-state index in [1.54, 1.807) is 29.8 Å². The average Bonchev–Trinajstić information content (AvgIpc) is 3.39. The van der Waals surface area contributed by atoms with E-state index in [1.165, 1.54) is 25.3 Å². The van der Waals surface area contributed by atoms with E-state index in [2.05, 4.69) is 5.10 Å². The van der Waals surface area contributed by atoms with Gasteiger partial charge in [-0.1, -0.05) is 30.3 Å². The van der Waals surface area contributed by atoms with Gasteiger partial charge >= 0.3 is 0 Å². The average molecular weight is 491 g/mol. The highest BCUT2D eigenvalue weighted by molar-refractivity contribution is 6.46. The highest BCUT2D eigenvalue weighted by atomic mass is 16.5. The first-order chi connectivity index (χ1) is 17.3. The van der Waals surface area contributed by atoms with Crippen LogP contribution in [0.2, 0.25) is 0 Å². The van der Waals surface area contributed by atoms with Gasteiger partial charge < -0.3 is 24.4 Å². The van der Waals surface area contributed by atoms with Crippen LogP contribution in [0.5, 0.6) is 11.5 Å². The normalized spacial score (nSPS) is 17.2. The number of likely N-dealkylation sites (tertiary alicyclic amines) is 1. The number of aliphatic hydroxyl groups excluding tert-OH is 1. The molecule has 4 rings (SSSR count). The Hall–Kier alpha value is -4.11. The number of amides is 1. The summed E-state index contributed by atoms with van der Waals surface area (Å²) in [5.74, 6) is -0.866. The molecule has 9 heteroatoms. The first kappa shape index (κ1) is 25.0. The molecule has 2 aromatic carbocycles. The summed E-state index contributed by atoms with van der Waals surface area (Å²) in [5, 5.41) is 15.9. The van der Waals surface area contributed by atoms with E-state index in [0.717, 1.165) is 5.69 Å². The maximum absolute atomic E-state index is 13.4. The lowest BCUT2D eigenvalue weighted by Crippen LogP contribution is -2.35. The monoisotopic (exact) mass is 490 g/mol. The Morgan fingerprint density at radius 2 is 1.78 bits per heavy atom. The summed E-state index contributed by atoms with van der Waals surface area (Å²) in [6.07, 6.45) is 1.50. The smallest absolute Gasteiger partial charge is 0.295 e. The zero-order valence-corrected chi connectivity index (χ0v) is 21.1. The molecule has 0 radical (unpaired) electrons. The van der Waals surface area contributed by atoms with E-state index in [0.29, 0.717) is 34.9 Å². The van der Waals surface area contributed by atoms with Crippen LogP contribution in [0, 0.1) is 6.92 Å². The summed E-state index contributed by atoms with van der Waals surface area (Å²) in [6.45, 7) is 2.61. The van der Waals surface area contributed by atoms with E-state index in [4.69, 9.17) is 9.47 Å². The number of methoxy groups -OCH3 is 2. The number of carbonyl (C=O) groups excluding carboxylic acids is 2. The Bertz CT molecular complexity index is 1310. The van der Waals surface area contributed by atoms with Gasteiger partial charge in [0.2, 0.25) is 0 Å². The molecule has 2 heterocycles. The van der Waals surface area contributed by atoms with Crippen molar-refractivity contribution in [3.63, 3.8) is 0 Å². The second-order valence-electron chi connectivity index (χ2n) is 8.77. The molecule has 1 aliphatic rings. The minimum Gasteiger partial charge on any atom is -0.507 e. The predicted molar refractivity (Wildman–Crippen MR) is 135 cm³/mol. The van der Waals surface area contributed by atoms with Crippen molar-refractivity contribution in [2.45, 2.75) is 13.0 Å². The number of benzene rings is 2. The number of rotatable bonds is 8. The van der Waals surface area contributed by atoms with Crippen LogP contribution in [-0.4, -0.2) is 77.8 Å². The van der Waals surface area contributed by atoms with Gasteiger partial charge in [-0.3, -0.25) is 9.59 Å². The number of para-hydroxylation sites is 2. The van der Waals surface area contributed by atoms with E-state index in [-0.39, 0.29) is 17.9 Å². The molecule has 1 atom stereocenters. The Kier molecular flexibility index (Phi) is 7.12. The topological polar surface area (TPSA) is 97.1 Å². The van der Waals surface area contributed by atoms with Crippen LogP contribution in [0.3, 0.4) is 0 Å². The minimum absolute atomic E-state index is 0.0129. The fourth-order valence-electron chi connectivity index (χ4n) is 4.49. The summed E-state index contributed by atoms with van der Waals surface area (Å²) in [4.78, 5) is 30.0. The first-order valence-corrected chi connectivity index (χ1v) is 11.5. The summed E-state index contributed by atoms with van der Waals surface area (Å²) in [7, 11) is 6.80. The van der Waals surface area contributed by atoms with Gasteiger partial charge in [-0.25, -0.2) is 4.68 Å². The lowest BCUT2D eigenvalue weighted by Gasteiger charge is -2.28. The van der Waals surface area contributed by atoms with E-state index in [9.17, 15) is 14.7 Å². The second kappa shape index (κ2) is 10.2. The first-order valence-electron chi connectivity index (χ1n) is 11.5. The lowest BCUT2D eigenvalue weighted by atomic mass is 9.94. The third-order valence-electron chi connectivity index (χ3n) is 6.32. The Labute approximate surface area is 210 Å². The molecule has 1 N–H and O–H groups in total. The van der Waals surface area contributed by atoms with Gasteiger partial charge in [-0.15, -0.1) is 0 Å². The van der Waals surface area contributed by atoms with Crippen LogP contribution in [0.1, 0.15) is 22.9 Å². The van der Waals surface area contributed by atoms with E-state index >= 15 is 0 Å². The second-order valence-corrected chi connectivity index (χ2v) is 8.77. The largest absolute Gasteiger partial charge is 0.507 e. The molecule has 36 heavy (non-hydrogen) atoms. The molecular formula is C27H30N4O5. The van der Waals surface area contributed by atoms with Crippen molar-refractivity contribution < 1.29 is 24.2 Å². The third kappa shape index (κ3) is 4.33. The molecule has 188 valence electrons. The molecule has 1 aliphatic heterocycles. The molecule has 1 saturated heterocycles. The van der Waals surface area contributed by atoms with Gasteiger partial charge in [-0.2, -0.15) is 5.10 Å². The van der Waals surface area contributed by atoms with Crippen molar-refractivity contribution >= 4 is 17.4 Å². The Balaban J connectivity index is 1.91. The number of hydrogen-bond acceptors (Lipinski definition) is 7. The van der Waals surface area contributed by atoms with Crippen LogP contribution in [0.25, 0.3) is 11.4 Å². The van der Waals surface area contributed by atoms with Gasteiger partial charge in [-0.05, 0) is 39.2 Å². The number of aliphatic hydroxyl groups is 1. The molecule has 0 aliphatic carbocycles. The quantitative estimate of drug-likeness (QED) is 0.294. The number of likely N-dealkylation sites (N-methyl/N-ethyl adjacent to an activating group) is 1. The van der Waals surface area contributed by atoms with Crippen molar-refractivity contribution in [1.29, 1.82) is 0 Å². The zero-order valence-electron chi connectivity index (χ0n) is 21.1. The summed E-state index contributed by atoms with van der Waals surface area (Å²) in [5.41, 5.74) is 2.35. The van der Waals surface area contributed by atoms with E-state index in [1.807, 2.05) is 49.3 Å². The maximum Gasteiger partial charge on any atom is 0.295 e. The van der Waals surface area contributed by atoms with Crippen LogP contribution in [0.4, 0.5) is 0 Å². The molecule has 3 aromatic rings. The summed E-state index contributed by atoms with van der Waals surface area (Å²) < 4.78 is 12.8. The van der Waals surface area contributed by atoms with Gasteiger partial charge in [0.15, 0.2) is 11.5 Å². The number of nitrogens with zero attached hydrogens (tertiary/aromatic N) is 4. The van der Waals surface area contributed by atoms with Crippen molar-refractivity contribution in [1.82, 2.24) is 19.6 Å². The van der Waals surface area contributed by atoms with Crippen molar-refractivity contribution in [2.75, 3.05) is 41.4 Å². The van der Waals surface area contributed by atoms with Crippen LogP contribution >= 0.6 is 0 Å². The van der Waals surface area contributed by atoms with Gasteiger partial charge in [0, 0.05) is 18.7 Å². The third-order valence-corrected chi connectivity index (χ3v) is 6.32. The van der Waals surface area contributed by atoms with Crippen LogP contribution < -0.4 is 9.47 Å². The lowest BCUT2D eigenvalue weighted by molar-refractivity contribution is -0.140. The fraction of sp³-hybridized carbons (Fsp3) is 0.296. The predicted octanol–water partition coefficient (Wildman–Crippen LogP) is 3.18. The van der Waals surface area contributed by atoms with Gasteiger partial charge in [0.05, 0.1) is 49.0 Å². The van der Waals surface area contributed by atoms with Crippen LogP contribution in [0.15, 0.2) is 60.3 Å². The van der Waals surface area contributed by atoms with Crippen molar-refractivity contribution in [3.8, 4) is 17.2 Å². The highest BCUT2D eigenvalue weighted by Crippen LogP contribution is 2.45. The number of ether oxygens (including phenoxy) is 2. The molecule has 1 aromatic heterocycles. The Morgan fingerprint density at radius 3 is 2.42 bits per heavy atom. The van der Waals surface area contributed by atoms with Gasteiger partial charge in [0.25, 0.3) is 11.7 Å². The number of hydrogen-bond donors (Lipinski definition) is 1.